The number of nitrogens with one attached hydrogen (secondary N) is 2. The smallest absolute Gasteiger partial charge is 0.405 e. The van der Waals surface area contributed by atoms with Crippen molar-refractivity contribution in [2.75, 3.05) is 12.4 Å². The molecule has 172 valence electrons. The van der Waals surface area contributed by atoms with Crippen LogP contribution in [0.5, 0.6) is 5.75 Å². The van der Waals surface area contributed by atoms with Crippen LogP contribution >= 0.6 is 0 Å². The largest absolute Gasteiger partial charge is 0.573 e. The van der Waals surface area contributed by atoms with Gasteiger partial charge in [0.1, 0.15) is 11.6 Å². The second-order valence-corrected chi connectivity index (χ2v) is 7.53. The minimum absolute atomic E-state index is 0.0444. The highest BCUT2D eigenvalue weighted by atomic mass is 19.4. The molecule has 8 nitrogen and oxygen atoms in total. The fourth-order valence-electron chi connectivity index (χ4n) is 3.61. The molecule has 1 heterocycles. The second kappa shape index (κ2) is 10.4. The molecular weight excluding hydrogens is 425 g/mol. The number of aliphatic imine (C=N–C) groups is 1. The number of anilines is 1. The molecule has 2 N–H and O–H groups in total. The number of para-hydroxylation sites is 1. The van der Waals surface area contributed by atoms with Crippen LogP contribution in [0.4, 0.5) is 25.1 Å². The zero-order chi connectivity index (χ0) is 23.1. The highest BCUT2D eigenvalue weighted by molar-refractivity contribution is 5.79. The van der Waals surface area contributed by atoms with Crippen LogP contribution in [0.3, 0.4) is 0 Å². The Bertz CT molecular complexity index is 967. The van der Waals surface area contributed by atoms with Crippen molar-refractivity contribution in [2.24, 2.45) is 16.8 Å². The van der Waals surface area contributed by atoms with Crippen molar-refractivity contribution in [3.8, 4) is 5.75 Å². The Labute approximate surface area is 183 Å². The molecule has 3 rings (SSSR count). The average molecular weight is 450 g/mol. The number of amides is 1. The number of aromatic nitrogens is 3. The molecule has 1 unspecified atom stereocenters. The Morgan fingerprint density at radius 1 is 1.25 bits per heavy atom. The summed E-state index contributed by atoms with van der Waals surface area (Å²) in [7, 11) is 1.71. The van der Waals surface area contributed by atoms with E-state index in [0.29, 0.717) is 30.6 Å². The van der Waals surface area contributed by atoms with E-state index >= 15 is 0 Å². The molecular formula is C21H25F3N6O2. The van der Waals surface area contributed by atoms with Gasteiger partial charge in [-0.1, -0.05) is 24.6 Å². The third-order valence-electron chi connectivity index (χ3n) is 5.10. The van der Waals surface area contributed by atoms with E-state index in [2.05, 4.69) is 35.3 Å². The number of nitrogens with zero attached hydrogens (tertiary/aromatic N) is 4. The molecule has 1 fully saturated rings. The molecule has 0 spiro atoms. The van der Waals surface area contributed by atoms with E-state index in [4.69, 9.17) is 0 Å². The Morgan fingerprint density at radius 2 is 2.03 bits per heavy atom. The summed E-state index contributed by atoms with van der Waals surface area (Å²) in [6.07, 6.45) is 0.0187. The number of hydrogen-bond acceptors (Lipinski definition) is 7. The summed E-state index contributed by atoms with van der Waals surface area (Å²) in [5.41, 5.74) is 0.262. The number of carbonyl (C=O) groups is 1. The van der Waals surface area contributed by atoms with Crippen LogP contribution < -0.4 is 15.4 Å². The van der Waals surface area contributed by atoms with Gasteiger partial charge in [-0.25, -0.2) is 4.99 Å². The van der Waals surface area contributed by atoms with E-state index < -0.39 is 6.36 Å². The normalized spacial score (nSPS) is 19.0. The lowest BCUT2D eigenvalue weighted by Crippen LogP contribution is -2.34. The van der Waals surface area contributed by atoms with E-state index in [1.54, 1.807) is 26.3 Å². The molecule has 1 saturated carbocycles. The number of rotatable bonds is 7. The standard InChI is InChI=1S/C21H25F3N6O2/c1-13-28-19(25-2)30-20(29-13)27-11-14-6-5-8-15(10-14)18(31)26-12-16-7-3-4-9-17(16)32-21(22,23)24/h3-4,7,9,11,14-15H,5-6,8,10,12H2,1-2H3,(H,26,31)(H,25,28,29,30)/t14?,15-/m0/s1. The second-order valence-electron chi connectivity index (χ2n) is 7.53. The van der Waals surface area contributed by atoms with Crippen molar-refractivity contribution >= 4 is 24.0 Å². The van der Waals surface area contributed by atoms with E-state index in [1.807, 2.05) is 0 Å². The summed E-state index contributed by atoms with van der Waals surface area (Å²) in [4.78, 5) is 29.5. The number of aryl methyl sites for hydroxylation is 1. The average Bonchev–Trinajstić information content (AvgIpc) is 2.75. The van der Waals surface area contributed by atoms with Crippen LogP contribution in [0.1, 0.15) is 37.1 Å². The van der Waals surface area contributed by atoms with E-state index in [1.165, 1.54) is 18.2 Å². The number of ether oxygens (including phenoxy) is 1. The Balaban J connectivity index is 1.58. The van der Waals surface area contributed by atoms with Crippen molar-refractivity contribution in [3.63, 3.8) is 0 Å². The molecule has 2 atom stereocenters. The van der Waals surface area contributed by atoms with Gasteiger partial charge in [0.25, 0.3) is 5.95 Å². The third-order valence-corrected chi connectivity index (χ3v) is 5.10. The van der Waals surface area contributed by atoms with Crippen LogP contribution in [0.2, 0.25) is 0 Å². The third kappa shape index (κ3) is 6.89. The predicted octanol–water partition coefficient (Wildman–Crippen LogP) is 3.95. The molecule has 0 bridgehead atoms. The highest BCUT2D eigenvalue weighted by Gasteiger charge is 2.32. The van der Waals surface area contributed by atoms with Gasteiger partial charge in [0.15, 0.2) is 0 Å². The van der Waals surface area contributed by atoms with Gasteiger partial charge in [-0.05, 0) is 38.2 Å². The zero-order valence-corrected chi connectivity index (χ0v) is 17.8. The van der Waals surface area contributed by atoms with Crippen molar-refractivity contribution < 1.29 is 22.7 Å². The number of benzene rings is 1. The predicted molar refractivity (Wildman–Crippen MR) is 113 cm³/mol. The van der Waals surface area contributed by atoms with Crippen molar-refractivity contribution in [3.05, 3.63) is 35.7 Å². The molecule has 1 amide bonds. The molecule has 0 saturated heterocycles. The van der Waals surface area contributed by atoms with Gasteiger partial charge in [-0.15, -0.1) is 13.2 Å². The van der Waals surface area contributed by atoms with Gasteiger partial charge >= 0.3 is 6.36 Å². The van der Waals surface area contributed by atoms with Crippen molar-refractivity contribution in [2.45, 2.75) is 45.5 Å². The fourth-order valence-corrected chi connectivity index (χ4v) is 3.61. The van der Waals surface area contributed by atoms with Crippen LogP contribution in [0.25, 0.3) is 0 Å². The quantitative estimate of drug-likeness (QED) is 0.620. The lowest BCUT2D eigenvalue weighted by Gasteiger charge is -2.26. The summed E-state index contributed by atoms with van der Waals surface area (Å²) >= 11 is 0. The molecule has 1 aliphatic carbocycles. The van der Waals surface area contributed by atoms with Gasteiger partial charge in [0, 0.05) is 31.3 Å². The summed E-state index contributed by atoms with van der Waals surface area (Å²) in [5.74, 6) is 0.599. The molecule has 0 radical (unpaired) electrons. The summed E-state index contributed by atoms with van der Waals surface area (Å²) in [6, 6.07) is 5.77. The van der Waals surface area contributed by atoms with Crippen LogP contribution in [-0.2, 0) is 11.3 Å². The van der Waals surface area contributed by atoms with Gasteiger partial charge in [-0.3, -0.25) is 4.79 Å². The first-order valence-electron chi connectivity index (χ1n) is 10.3. The van der Waals surface area contributed by atoms with Gasteiger partial charge in [-0.2, -0.15) is 15.0 Å². The molecule has 1 aliphatic rings. The summed E-state index contributed by atoms with van der Waals surface area (Å²) < 4.78 is 41.8. The van der Waals surface area contributed by atoms with Gasteiger partial charge in [0.05, 0.1) is 0 Å². The summed E-state index contributed by atoms with van der Waals surface area (Å²) in [6.45, 7) is 1.71. The minimum atomic E-state index is -4.79. The Hall–Kier alpha value is -3.24. The number of alkyl halides is 3. The number of hydrogen-bond donors (Lipinski definition) is 2. The molecule has 32 heavy (non-hydrogen) atoms. The summed E-state index contributed by atoms with van der Waals surface area (Å²) in [5, 5.41) is 5.59. The molecule has 2 aromatic rings. The first-order chi connectivity index (χ1) is 15.2. The number of carbonyl (C=O) groups excluding carboxylic acids is 1. The van der Waals surface area contributed by atoms with E-state index in [-0.39, 0.29) is 35.6 Å². The Kier molecular flexibility index (Phi) is 7.60. The van der Waals surface area contributed by atoms with Gasteiger partial charge < -0.3 is 15.4 Å². The number of halogens is 3. The van der Waals surface area contributed by atoms with E-state index in [0.717, 1.165) is 12.8 Å². The first kappa shape index (κ1) is 23.4. The fraction of sp³-hybridized carbons (Fsp3) is 0.476. The maximum absolute atomic E-state index is 12.7. The lowest BCUT2D eigenvalue weighted by molar-refractivity contribution is -0.274. The zero-order valence-electron chi connectivity index (χ0n) is 17.8. The van der Waals surface area contributed by atoms with Crippen LogP contribution in [0.15, 0.2) is 29.3 Å². The topological polar surface area (TPSA) is 101 Å². The SMILES string of the molecule is CNc1nc(C)nc(N=CC2CCC[C@H](C(=O)NCc3ccccc3OC(F)(F)F)C2)n1. The van der Waals surface area contributed by atoms with Crippen LogP contribution in [0, 0.1) is 18.8 Å². The monoisotopic (exact) mass is 450 g/mol. The van der Waals surface area contributed by atoms with Crippen molar-refractivity contribution in [1.29, 1.82) is 0 Å². The maximum atomic E-state index is 12.7. The maximum Gasteiger partial charge on any atom is 0.573 e. The molecule has 0 aliphatic heterocycles. The molecule has 1 aromatic carbocycles. The Morgan fingerprint density at radius 3 is 2.78 bits per heavy atom. The molecule has 11 heteroatoms. The van der Waals surface area contributed by atoms with Gasteiger partial charge in [0.2, 0.25) is 11.9 Å². The minimum Gasteiger partial charge on any atom is -0.405 e. The van der Waals surface area contributed by atoms with Crippen molar-refractivity contribution in [1.82, 2.24) is 20.3 Å². The first-order valence-corrected chi connectivity index (χ1v) is 10.3. The van der Waals surface area contributed by atoms with E-state index in [9.17, 15) is 18.0 Å². The lowest BCUT2D eigenvalue weighted by atomic mass is 9.81. The highest BCUT2D eigenvalue weighted by Crippen LogP contribution is 2.29. The molecule has 1 aromatic heterocycles. The van der Waals surface area contributed by atoms with Crippen LogP contribution in [-0.4, -0.2) is 40.5 Å².